The van der Waals surface area contributed by atoms with E-state index in [1.165, 1.54) is 18.4 Å². The normalized spacial score (nSPS) is 20.0. The number of nitrogens with one attached hydrogen (secondary N) is 2. The van der Waals surface area contributed by atoms with Gasteiger partial charge in [-0.3, -0.25) is 9.69 Å². The fraction of sp³-hybridized carbons (Fsp3) is 0.667. The van der Waals surface area contributed by atoms with Crippen molar-refractivity contribution in [1.29, 1.82) is 0 Å². The first-order valence-corrected chi connectivity index (χ1v) is 11.6. The first kappa shape index (κ1) is 22.6. The van der Waals surface area contributed by atoms with Crippen LogP contribution in [0.5, 0.6) is 0 Å². The van der Waals surface area contributed by atoms with Gasteiger partial charge in [0.15, 0.2) is 0 Å². The van der Waals surface area contributed by atoms with Crippen LogP contribution in [0.2, 0.25) is 0 Å². The summed E-state index contributed by atoms with van der Waals surface area (Å²) in [7, 11) is 0. The minimum atomic E-state index is -0.0582. The van der Waals surface area contributed by atoms with Crippen molar-refractivity contribution < 1.29 is 9.59 Å². The number of hydrogen-bond acceptors (Lipinski definition) is 3. The third-order valence-electron chi connectivity index (χ3n) is 6.73. The van der Waals surface area contributed by atoms with Crippen molar-refractivity contribution in [2.45, 2.75) is 58.9 Å². The predicted octanol–water partition coefficient (Wildman–Crippen LogP) is 3.87. The van der Waals surface area contributed by atoms with Crippen LogP contribution in [0.3, 0.4) is 0 Å². The Morgan fingerprint density at radius 1 is 1.07 bits per heavy atom. The molecule has 0 aromatic heterocycles. The molecule has 6 nitrogen and oxygen atoms in total. The highest BCUT2D eigenvalue weighted by Crippen LogP contribution is 2.31. The minimum absolute atomic E-state index is 0.0566. The Morgan fingerprint density at radius 3 is 2.30 bits per heavy atom. The van der Waals surface area contributed by atoms with Gasteiger partial charge in [0, 0.05) is 38.4 Å². The molecule has 6 heteroatoms. The maximum Gasteiger partial charge on any atom is 0.321 e. The van der Waals surface area contributed by atoms with Crippen LogP contribution in [-0.2, 0) is 4.79 Å². The minimum Gasteiger partial charge on any atom is -0.354 e. The maximum atomic E-state index is 13.1. The molecule has 0 radical (unpaired) electrons. The summed E-state index contributed by atoms with van der Waals surface area (Å²) in [4.78, 5) is 29.9. The average molecular weight is 415 g/mol. The summed E-state index contributed by atoms with van der Waals surface area (Å²) in [5.41, 5.74) is 1.99. The van der Waals surface area contributed by atoms with Crippen LogP contribution >= 0.6 is 0 Å². The van der Waals surface area contributed by atoms with E-state index >= 15 is 0 Å². The van der Waals surface area contributed by atoms with Crippen LogP contribution in [-0.4, -0.2) is 60.5 Å². The third kappa shape index (κ3) is 5.97. The van der Waals surface area contributed by atoms with E-state index in [-0.39, 0.29) is 18.0 Å². The van der Waals surface area contributed by atoms with Gasteiger partial charge in [-0.05, 0) is 43.7 Å². The Hall–Kier alpha value is -2.08. The van der Waals surface area contributed by atoms with E-state index < -0.39 is 0 Å². The molecule has 1 aliphatic carbocycles. The summed E-state index contributed by atoms with van der Waals surface area (Å²) in [5.74, 6) is 1.12. The van der Waals surface area contributed by atoms with Gasteiger partial charge >= 0.3 is 6.03 Å². The fourth-order valence-electron chi connectivity index (χ4n) is 4.52. The lowest BCUT2D eigenvalue weighted by Gasteiger charge is -2.40. The molecule has 3 rings (SSSR count). The average Bonchev–Trinajstić information content (AvgIpc) is 3.28. The van der Waals surface area contributed by atoms with Crippen molar-refractivity contribution in [2.24, 2.45) is 11.8 Å². The lowest BCUT2D eigenvalue weighted by molar-refractivity contribution is -0.129. The fourth-order valence-corrected chi connectivity index (χ4v) is 4.52. The predicted molar refractivity (Wildman–Crippen MR) is 122 cm³/mol. The van der Waals surface area contributed by atoms with Crippen molar-refractivity contribution in [2.75, 3.05) is 38.0 Å². The highest BCUT2D eigenvalue weighted by Gasteiger charge is 2.37. The Balaban J connectivity index is 1.56. The molecule has 166 valence electrons. The third-order valence-corrected chi connectivity index (χ3v) is 6.73. The van der Waals surface area contributed by atoms with E-state index in [0.29, 0.717) is 24.9 Å². The number of aryl methyl sites for hydroxylation is 1. The Bertz CT molecular complexity index is 692. The molecule has 30 heavy (non-hydrogen) atoms. The SMILES string of the molecule is CCC(C)CNC(=O)C(C1CCCC1)N1CCN(C(=O)Nc2ccc(C)cc2)CC1. The van der Waals surface area contributed by atoms with E-state index in [1.54, 1.807) is 0 Å². The van der Waals surface area contributed by atoms with E-state index in [2.05, 4.69) is 29.4 Å². The molecular formula is C24H38N4O2. The second-order valence-electron chi connectivity index (χ2n) is 9.07. The molecule has 2 fully saturated rings. The summed E-state index contributed by atoms with van der Waals surface area (Å²) in [5, 5.41) is 6.19. The molecule has 2 aliphatic rings. The van der Waals surface area contributed by atoms with Crippen LogP contribution in [0.4, 0.5) is 10.5 Å². The lowest BCUT2D eigenvalue weighted by Crippen LogP contribution is -2.58. The number of carbonyl (C=O) groups is 2. The van der Waals surface area contributed by atoms with E-state index in [1.807, 2.05) is 36.1 Å². The second-order valence-corrected chi connectivity index (χ2v) is 9.07. The van der Waals surface area contributed by atoms with Gasteiger partial charge in [0.25, 0.3) is 0 Å². The first-order chi connectivity index (χ1) is 14.5. The summed E-state index contributed by atoms with van der Waals surface area (Å²) >= 11 is 0. The van der Waals surface area contributed by atoms with Crippen LogP contribution in [0.25, 0.3) is 0 Å². The molecule has 0 bridgehead atoms. The standard InChI is InChI=1S/C24H38N4O2/c1-4-18(2)17-25-23(29)22(20-7-5-6-8-20)27-13-15-28(16-14-27)24(30)26-21-11-9-19(3)10-12-21/h9-12,18,20,22H,4-8,13-17H2,1-3H3,(H,25,29)(H,26,30). The first-order valence-electron chi connectivity index (χ1n) is 11.6. The summed E-state index contributed by atoms with van der Waals surface area (Å²) in [6, 6.07) is 7.74. The molecule has 2 atom stereocenters. The van der Waals surface area contributed by atoms with Crippen LogP contribution < -0.4 is 10.6 Å². The number of rotatable bonds is 7. The number of piperazine rings is 1. The molecule has 1 saturated heterocycles. The quantitative estimate of drug-likeness (QED) is 0.712. The molecule has 1 aromatic carbocycles. The topological polar surface area (TPSA) is 64.7 Å². The van der Waals surface area contributed by atoms with Gasteiger partial charge in [0.2, 0.25) is 5.91 Å². The number of urea groups is 1. The second kappa shape index (κ2) is 10.8. The van der Waals surface area contributed by atoms with Crippen LogP contribution in [0.1, 0.15) is 51.5 Å². The monoisotopic (exact) mass is 414 g/mol. The van der Waals surface area contributed by atoms with Crippen LogP contribution in [0.15, 0.2) is 24.3 Å². The van der Waals surface area contributed by atoms with Gasteiger partial charge in [-0.15, -0.1) is 0 Å². The summed E-state index contributed by atoms with van der Waals surface area (Å²) in [6.07, 6.45) is 5.78. The summed E-state index contributed by atoms with van der Waals surface area (Å²) < 4.78 is 0. The molecule has 1 aromatic rings. The zero-order valence-corrected chi connectivity index (χ0v) is 18.8. The van der Waals surface area contributed by atoms with Gasteiger partial charge in [0.1, 0.15) is 0 Å². The molecule has 0 spiro atoms. The van der Waals surface area contributed by atoms with Gasteiger partial charge < -0.3 is 15.5 Å². The Kier molecular flexibility index (Phi) is 8.14. The molecule has 1 saturated carbocycles. The molecule has 3 amide bonds. The number of amides is 3. The highest BCUT2D eigenvalue weighted by molar-refractivity contribution is 5.89. The number of anilines is 1. The van der Waals surface area contributed by atoms with E-state index in [0.717, 1.165) is 44.6 Å². The van der Waals surface area contributed by atoms with Crippen molar-refractivity contribution >= 4 is 17.6 Å². The zero-order valence-electron chi connectivity index (χ0n) is 18.8. The molecule has 1 heterocycles. The number of hydrogen-bond donors (Lipinski definition) is 2. The maximum absolute atomic E-state index is 13.1. The van der Waals surface area contributed by atoms with Crippen molar-refractivity contribution in [1.82, 2.24) is 15.1 Å². The van der Waals surface area contributed by atoms with Gasteiger partial charge in [0.05, 0.1) is 6.04 Å². The van der Waals surface area contributed by atoms with Gasteiger partial charge in [-0.1, -0.05) is 50.8 Å². The lowest BCUT2D eigenvalue weighted by atomic mass is 9.94. The van der Waals surface area contributed by atoms with Crippen molar-refractivity contribution in [3.63, 3.8) is 0 Å². The van der Waals surface area contributed by atoms with Crippen molar-refractivity contribution in [3.8, 4) is 0 Å². The van der Waals surface area contributed by atoms with Crippen LogP contribution in [0, 0.1) is 18.8 Å². The molecule has 2 N–H and O–H groups in total. The smallest absolute Gasteiger partial charge is 0.321 e. The Morgan fingerprint density at radius 2 is 1.70 bits per heavy atom. The van der Waals surface area contributed by atoms with Gasteiger partial charge in [-0.2, -0.15) is 0 Å². The Labute approximate surface area is 181 Å². The number of nitrogens with zero attached hydrogens (tertiary/aromatic N) is 2. The summed E-state index contributed by atoms with van der Waals surface area (Å²) in [6.45, 7) is 9.92. The number of benzene rings is 1. The van der Waals surface area contributed by atoms with E-state index in [4.69, 9.17) is 0 Å². The number of carbonyl (C=O) groups excluding carboxylic acids is 2. The zero-order chi connectivity index (χ0) is 21.5. The van der Waals surface area contributed by atoms with Gasteiger partial charge in [-0.25, -0.2) is 4.79 Å². The molecular weight excluding hydrogens is 376 g/mol. The molecule has 1 aliphatic heterocycles. The highest BCUT2D eigenvalue weighted by atomic mass is 16.2. The van der Waals surface area contributed by atoms with Crippen molar-refractivity contribution in [3.05, 3.63) is 29.8 Å². The van der Waals surface area contributed by atoms with E-state index in [9.17, 15) is 9.59 Å². The largest absolute Gasteiger partial charge is 0.354 e. The molecule has 2 unspecified atom stereocenters.